The van der Waals surface area contributed by atoms with Crippen LogP contribution in [0.2, 0.25) is 10.0 Å². The van der Waals surface area contributed by atoms with Gasteiger partial charge in [0.05, 0.1) is 38.3 Å². The Labute approximate surface area is 387 Å². The normalized spacial score (nSPS) is 22.2. The lowest BCUT2D eigenvalue weighted by molar-refractivity contribution is -0.0896. The summed E-state index contributed by atoms with van der Waals surface area (Å²) in [5, 5.41) is 1.56. The van der Waals surface area contributed by atoms with E-state index in [2.05, 4.69) is 62.8 Å². The van der Waals surface area contributed by atoms with Crippen molar-refractivity contribution < 1.29 is 22.6 Å². The van der Waals surface area contributed by atoms with Gasteiger partial charge in [0, 0.05) is 73.2 Å². The first kappa shape index (κ1) is 43.7. The fraction of sp³-hybridized carbons (Fsp3) is 0.480. The van der Waals surface area contributed by atoms with E-state index in [9.17, 15) is 8.42 Å². The molecule has 0 bridgehead atoms. The van der Waals surface area contributed by atoms with Gasteiger partial charge in [-0.2, -0.15) is 0 Å². The van der Waals surface area contributed by atoms with Crippen LogP contribution in [-0.4, -0.2) is 103 Å². The van der Waals surface area contributed by atoms with Crippen LogP contribution in [0.5, 0.6) is 17.4 Å². The zero-order valence-electron chi connectivity index (χ0n) is 36.8. The molecule has 0 unspecified atom stereocenters. The number of aromatic nitrogens is 3. The third-order valence-corrected chi connectivity index (χ3v) is 16.2. The first-order valence-electron chi connectivity index (χ1n) is 23.0. The molecule has 5 heterocycles. The predicted molar refractivity (Wildman–Crippen MR) is 253 cm³/mol. The maximum Gasteiger partial charge on any atom is 0.270 e. The van der Waals surface area contributed by atoms with Crippen molar-refractivity contribution in [1.82, 2.24) is 23.7 Å². The van der Waals surface area contributed by atoms with Gasteiger partial charge in [-0.05, 0) is 123 Å². The van der Waals surface area contributed by atoms with Gasteiger partial charge in [-0.15, -0.1) is 0 Å². The highest BCUT2D eigenvalue weighted by Crippen LogP contribution is 2.44. The number of hydrogen-bond acceptors (Lipinski definition) is 10. The summed E-state index contributed by atoms with van der Waals surface area (Å²) < 4.78 is 46.9. The summed E-state index contributed by atoms with van der Waals surface area (Å²) in [6.45, 7) is 11.8. The lowest BCUT2D eigenvalue weighted by atomic mass is 9.72. The van der Waals surface area contributed by atoms with Gasteiger partial charge >= 0.3 is 0 Å². The van der Waals surface area contributed by atoms with E-state index in [0.717, 1.165) is 105 Å². The van der Waals surface area contributed by atoms with Gasteiger partial charge in [-0.3, -0.25) is 9.80 Å². The van der Waals surface area contributed by atoms with E-state index >= 15 is 0 Å². The number of rotatable bonds is 14. The number of nitrogens with zero attached hydrogens (tertiary/aromatic N) is 6. The third-order valence-electron chi connectivity index (χ3n) is 14.1. The summed E-state index contributed by atoms with van der Waals surface area (Å²) in [4.78, 5) is 16.6. The van der Waals surface area contributed by atoms with Crippen LogP contribution < -0.4 is 14.4 Å². The summed E-state index contributed by atoms with van der Waals surface area (Å²) in [5.41, 5.74) is 6.01. The van der Waals surface area contributed by atoms with Crippen molar-refractivity contribution in [3.8, 4) is 17.4 Å². The van der Waals surface area contributed by atoms with Crippen LogP contribution in [0.25, 0.3) is 16.6 Å². The topological polar surface area (TPSA) is 102 Å². The molecule has 14 heteroatoms. The number of pyridine rings is 2. The molecule has 2 saturated carbocycles. The largest absolute Gasteiger partial charge is 0.476 e. The number of anilines is 1. The molecule has 10 rings (SSSR count). The third kappa shape index (κ3) is 9.55. The van der Waals surface area contributed by atoms with Gasteiger partial charge in [0.2, 0.25) is 5.88 Å². The highest BCUT2D eigenvalue weighted by Gasteiger charge is 2.42. The molecule has 0 radical (unpaired) electrons. The van der Waals surface area contributed by atoms with Crippen LogP contribution >= 0.6 is 23.2 Å². The summed E-state index contributed by atoms with van der Waals surface area (Å²) in [7, 11) is -4.06. The zero-order valence-corrected chi connectivity index (χ0v) is 39.1. The molecule has 2 aliphatic heterocycles. The minimum atomic E-state index is -4.06. The molecule has 0 spiro atoms. The van der Waals surface area contributed by atoms with Crippen molar-refractivity contribution in [2.24, 2.45) is 11.3 Å². The minimum absolute atomic E-state index is 0.0411. The van der Waals surface area contributed by atoms with Crippen molar-refractivity contribution in [3.63, 3.8) is 0 Å². The van der Waals surface area contributed by atoms with Gasteiger partial charge in [-0.25, -0.2) is 22.4 Å². The summed E-state index contributed by atoms with van der Waals surface area (Å²) in [6, 6.07) is 23.4. The zero-order chi connectivity index (χ0) is 44.0. The molecule has 5 aromatic rings. The first-order valence-corrected chi connectivity index (χ1v) is 25.2. The van der Waals surface area contributed by atoms with E-state index in [1.165, 1.54) is 48.9 Å². The maximum absolute atomic E-state index is 13.9. The average molecular weight is 926 g/mol. The molecular formula is C50H58Cl2N6O5S. The number of halogens is 2. The van der Waals surface area contributed by atoms with Crippen LogP contribution in [0.4, 0.5) is 5.69 Å². The van der Waals surface area contributed by atoms with Crippen LogP contribution in [0.1, 0.15) is 77.2 Å². The molecule has 3 aliphatic carbocycles. The first-order chi connectivity index (χ1) is 31.0. The monoisotopic (exact) mass is 924 g/mol. The van der Waals surface area contributed by atoms with E-state index in [4.69, 9.17) is 37.4 Å². The Hall–Kier alpha value is -4.17. The van der Waals surface area contributed by atoms with E-state index < -0.39 is 10.0 Å². The number of fused-ring (bicyclic) bond motifs is 1. The molecule has 338 valence electrons. The Morgan fingerprint density at radius 3 is 2.30 bits per heavy atom. The second-order valence-electron chi connectivity index (χ2n) is 19.3. The molecular weight excluding hydrogens is 868 g/mol. The van der Waals surface area contributed by atoms with Crippen LogP contribution in [0, 0.1) is 11.3 Å². The molecule has 4 fully saturated rings. The number of ether oxygens (including phenoxy) is 3. The number of hydrogen-bond donors (Lipinski definition) is 0. The predicted octanol–water partition coefficient (Wildman–Crippen LogP) is 10.4. The smallest absolute Gasteiger partial charge is 0.270 e. The molecule has 2 aromatic carbocycles. The Balaban J connectivity index is 0.741. The van der Waals surface area contributed by atoms with Crippen molar-refractivity contribution in [2.45, 2.75) is 94.7 Å². The molecule has 5 aliphatic rings. The number of benzene rings is 2. The maximum atomic E-state index is 13.9. The Morgan fingerprint density at radius 1 is 0.844 bits per heavy atom. The highest BCUT2D eigenvalue weighted by atomic mass is 35.5. The molecule has 0 amide bonds. The van der Waals surface area contributed by atoms with Crippen molar-refractivity contribution in [3.05, 3.63) is 107 Å². The summed E-state index contributed by atoms with van der Waals surface area (Å²) >= 11 is 12.9. The van der Waals surface area contributed by atoms with E-state index in [1.807, 2.05) is 24.3 Å². The van der Waals surface area contributed by atoms with Crippen molar-refractivity contribution >= 4 is 55.5 Å². The quantitative estimate of drug-likeness (QED) is 0.107. The van der Waals surface area contributed by atoms with E-state index in [0.29, 0.717) is 41.5 Å². The van der Waals surface area contributed by atoms with Gasteiger partial charge in [-0.1, -0.05) is 60.8 Å². The lowest BCUT2D eigenvalue weighted by Crippen LogP contribution is -2.55. The fourth-order valence-corrected chi connectivity index (χ4v) is 11.9. The molecule has 3 aromatic heterocycles. The van der Waals surface area contributed by atoms with Gasteiger partial charge in [0.25, 0.3) is 10.0 Å². The molecule has 11 nitrogen and oxygen atoms in total. The summed E-state index contributed by atoms with van der Waals surface area (Å²) in [6.07, 6.45) is 14.9. The molecule has 0 atom stereocenters. The molecule has 0 N–H and O–H groups in total. The second-order valence-corrected chi connectivity index (χ2v) is 22.0. The van der Waals surface area contributed by atoms with Gasteiger partial charge in [0.15, 0.2) is 5.65 Å². The van der Waals surface area contributed by atoms with E-state index in [-0.39, 0.29) is 26.9 Å². The standard InChI is InChI=1S/C50H58Cl2N6O5S/c1-50(2)18-16-37(46(27-50)35-8-10-38(51)11-9-35)30-55-20-22-56(23-21-55)41-4-3-5-43(25-41)63-44-24-36-17-19-57(48(36)53-28-44)64(59,60)45-26-47(52)49(54-29-45)62-31-34-6-12-39(13-7-34)58(40-14-15-40)42-32-61-33-42/h3-5,8-11,17,19,24-26,28-29,34,39-40,42H,6-7,12-16,18,20-23,27,30-33H2,1-2H3. The highest BCUT2D eigenvalue weighted by molar-refractivity contribution is 7.90. The second kappa shape index (κ2) is 18.2. The molecule has 2 saturated heterocycles. The Kier molecular flexibility index (Phi) is 12.5. The molecule has 64 heavy (non-hydrogen) atoms. The Morgan fingerprint density at radius 2 is 1.59 bits per heavy atom. The van der Waals surface area contributed by atoms with Crippen LogP contribution in [-0.2, 0) is 14.8 Å². The van der Waals surface area contributed by atoms with Crippen LogP contribution in [0.3, 0.4) is 0 Å². The lowest BCUT2D eigenvalue weighted by Gasteiger charge is -2.45. The Bertz CT molecular complexity index is 2610. The number of allylic oxidation sites excluding steroid dienone is 1. The fourth-order valence-electron chi connectivity index (χ4n) is 10.2. The minimum Gasteiger partial charge on any atom is -0.476 e. The van der Waals surface area contributed by atoms with E-state index in [1.54, 1.807) is 23.9 Å². The van der Waals surface area contributed by atoms with Crippen LogP contribution in [0.15, 0.2) is 95.8 Å². The SMILES string of the molecule is CC1(C)CCC(CN2CCN(c3cccc(Oc4cnc5c(ccn5S(=O)(=O)c5cnc(OCC6CCC(N(C7CC7)C7COC7)CC6)c(Cl)c5)c4)c3)CC2)=C(c2ccc(Cl)cc2)C1. The van der Waals surface area contributed by atoms with Crippen molar-refractivity contribution in [2.75, 3.05) is 57.4 Å². The number of piperazine rings is 1. The van der Waals surface area contributed by atoms with Crippen molar-refractivity contribution in [1.29, 1.82) is 0 Å². The van der Waals surface area contributed by atoms with Gasteiger partial charge < -0.3 is 19.1 Å². The van der Waals surface area contributed by atoms with Gasteiger partial charge in [0.1, 0.15) is 21.4 Å². The average Bonchev–Trinajstić information content (AvgIpc) is 4.03. The summed E-state index contributed by atoms with van der Waals surface area (Å²) in [5.74, 6) is 1.86.